The number of rotatable bonds is 7. The minimum atomic E-state index is -0.554. The van der Waals surface area contributed by atoms with E-state index < -0.39 is 11.8 Å². The molecule has 34 heavy (non-hydrogen) atoms. The number of ether oxygens (including phenoxy) is 2. The summed E-state index contributed by atoms with van der Waals surface area (Å²) in [6.07, 6.45) is 5.01. The van der Waals surface area contributed by atoms with Crippen LogP contribution in [0.15, 0.2) is 101 Å². The van der Waals surface area contributed by atoms with Crippen molar-refractivity contribution in [3.8, 4) is 11.5 Å². The number of carbonyl (C=O) groups excluding carboxylic acids is 2. The highest BCUT2D eigenvalue weighted by atomic mass is 16.7. The highest BCUT2D eigenvalue weighted by Gasteiger charge is 2.15. The molecule has 7 nitrogen and oxygen atoms in total. The Bertz CT molecular complexity index is 1270. The van der Waals surface area contributed by atoms with Gasteiger partial charge in [-0.3, -0.25) is 9.59 Å². The molecule has 0 aliphatic carbocycles. The molecular formula is C27H23N3O4. The molecule has 0 radical (unpaired) electrons. The molecule has 0 atom stereocenters. The SMILES string of the molecule is CC(=C/c1ccccc1)/C=C(/NC(=O)c1ccccc1)C(=O)NN=Cc1ccc2c(c1)OCO2. The van der Waals surface area contributed by atoms with Crippen molar-refractivity contribution < 1.29 is 19.1 Å². The van der Waals surface area contributed by atoms with Crippen LogP contribution in [0.2, 0.25) is 0 Å². The van der Waals surface area contributed by atoms with Gasteiger partial charge in [-0.05, 0) is 60.0 Å². The molecule has 3 aromatic carbocycles. The number of carbonyl (C=O) groups is 2. The van der Waals surface area contributed by atoms with Gasteiger partial charge in [0.05, 0.1) is 6.21 Å². The zero-order valence-corrected chi connectivity index (χ0v) is 18.5. The Balaban J connectivity index is 1.51. The number of hydrogen-bond acceptors (Lipinski definition) is 5. The van der Waals surface area contributed by atoms with Gasteiger partial charge in [-0.15, -0.1) is 0 Å². The van der Waals surface area contributed by atoms with Crippen LogP contribution in [0.4, 0.5) is 0 Å². The van der Waals surface area contributed by atoms with E-state index in [-0.39, 0.29) is 12.5 Å². The van der Waals surface area contributed by atoms with Crippen molar-refractivity contribution in [2.75, 3.05) is 6.79 Å². The maximum Gasteiger partial charge on any atom is 0.287 e. The van der Waals surface area contributed by atoms with Crippen LogP contribution in [0.3, 0.4) is 0 Å². The molecular weight excluding hydrogens is 430 g/mol. The first-order valence-corrected chi connectivity index (χ1v) is 10.6. The number of hydrogen-bond donors (Lipinski definition) is 2. The Morgan fingerprint density at radius 2 is 1.59 bits per heavy atom. The van der Waals surface area contributed by atoms with Crippen LogP contribution in [0.5, 0.6) is 11.5 Å². The van der Waals surface area contributed by atoms with Crippen LogP contribution in [-0.4, -0.2) is 24.8 Å². The summed E-state index contributed by atoms with van der Waals surface area (Å²) in [5.74, 6) is 0.333. The monoisotopic (exact) mass is 453 g/mol. The van der Waals surface area contributed by atoms with Gasteiger partial charge in [0.2, 0.25) is 6.79 Å². The van der Waals surface area contributed by atoms with Crippen LogP contribution in [0.25, 0.3) is 6.08 Å². The van der Waals surface area contributed by atoms with Gasteiger partial charge < -0.3 is 14.8 Å². The summed E-state index contributed by atoms with van der Waals surface area (Å²) in [5, 5.41) is 6.72. The number of benzene rings is 3. The van der Waals surface area contributed by atoms with E-state index in [0.29, 0.717) is 17.1 Å². The molecule has 2 amide bonds. The summed E-state index contributed by atoms with van der Waals surface area (Å²) in [6, 6.07) is 23.7. The minimum Gasteiger partial charge on any atom is -0.454 e. The fraction of sp³-hybridized carbons (Fsp3) is 0.0741. The van der Waals surface area contributed by atoms with Crippen molar-refractivity contribution in [3.63, 3.8) is 0 Å². The Labute approximate surface area is 197 Å². The average molecular weight is 453 g/mol. The zero-order chi connectivity index (χ0) is 23.8. The molecule has 3 aromatic rings. The molecule has 1 aliphatic heterocycles. The third kappa shape index (κ3) is 5.98. The molecule has 2 N–H and O–H groups in total. The first-order chi connectivity index (χ1) is 16.6. The minimum absolute atomic E-state index is 0.0707. The normalized spacial score (nSPS) is 13.1. The quantitative estimate of drug-likeness (QED) is 0.242. The van der Waals surface area contributed by atoms with E-state index in [9.17, 15) is 9.59 Å². The number of hydrazone groups is 1. The lowest BCUT2D eigenvalue weighted by Crippen LogP contribution is -2.33. The van der Waals surface area contributed by atoms with Crippen LogP contribution in [-0.2, 0) is 4.79 Å². The maximum atomic E-state index is 12.9. The number of nitrogens with one attached hydrogen (secondary N) is 2. The predicted molar refractivity (Wildman–Crippen MR) is 130 cm³/mol. The van der Waals surface area contributed by atoms with Gasteiger partial charge in [0.1, 0.15) is 5.70 Å². The average Bonchev–Trinajstić information content (AvgIpc) is 3.32. The Morgan fingerprint density at radius 1 is 0.882 bits per heavy atom. The van der Waals surface area contributed by atoms with E-state index >= 15 is 0 Å². The Kier molecular flexibility index (Phi) is 7.15. The van der Waals surface area contributed by atoms with Gasteiger partial charge in [0.15, 0.2) is 11.5 Å². The lowest BCUT2D eigenvalue weighted by Gasteiger charge is -2.09. The number of nitrogens with zero attached hydrogens (tertiary/aromatic N) is 1. The zero-order valence-electron chi connectivity index (χ0n) is 18.5. The molecule has 7 heteroatoms. The fourth-order valence-corrected chi connectivity index (χ4v) is 3.24. The molecule has 0 fully saturated rings. The molecule has 0 unspecified atom stereocenters. The molecule has 1 heterocycles. The molecule has 0 bridgehead atoms. The third-order valence-corrected chi connectivity index (χ3v) is 4.87. The van der Waals surface area contributed by atoms with Crippen molar-refractivity contribution in [2.45, 2.75) is 6.92 Å². The lowest BCUT2D eigenvalue weighted by molar-refractivity contribution is -0.117. The summed E-state index contributed by atoms with van der Waals surface area (Å²) < 4.78 is 10.6. The number of allylic oxidation sites excluding steroid dienone is 2. The van der Waals surface area contributed by atoms with Gasteiger partial charge in [0.25, 0.3) is 11.8 Å². The Morgan fingerprint density at radius 3 is 2.35 bits per heavy atom. The van der Waals surface area contributed by atoms with Crippen molar-refractivity contribution in [3.05, 3.63) is 113 Å². The fourth-order valence-electron chi connectivity index (χ4n) is 3.24. The molecule has 4 rings (SSSR count). The number of fused-ring (bicyclic) bond motifs is 1. The maximum absolute atomic E-state index is 12.9. The van der Waals surface area contributed by atoms with E-state index in [2.05, 4.69) is 15.8 Å². The van der Waals surface area contributed by atoms with Gasteiger partial charge in [-0.2, -0.15) is 5.10 Å². The van der Waals surface area contributed by atoms with Gasteiger partial charge in [0, 0.05) is 5.56 Å². The van der Waals surface area contributed by atoms with Crippen molar-refractivity contribution in [2.24, 2.45) is 5.10 Å². The van der Waals surface area contributed by atoms with E-state index in [0.717, 1.165) is 16.7 Å². The van der Waals surface area contributed by atoms with Crippen molar-refractivity contribution in [1.82, 2.24) is 10.7 Å². The predicted octanol–water partition coefficient (Wildman–Crippen LogP) is 4.28. The molecule has 170 valence electrons. The summed E-state index contributed by atoms with van der Waals surface area (Å²) in [5.41, 5.74) is 5.47. The van der Waals surface area contributed by atoms with E-state index in [1.54, 1.807) is 48.5 Å². The van der Waals surface area contributed by atoms with Crippen LogP contribution in [0.1, 0.15) is 28.4 Å². The van der Waals surface area contributed by atoms with E-state index in [1.807, 2.05) is 49.4 Å². The molecule has 0 spiro atoms. The van der Waals surface area contributed by atoms with Gasteiger partial charge in [-0.1, -0.05) is 54.6 Å². The summed E-state index contributed by atoms with van der Waals surface area (Å²) in [4.78, 5) is 25.6. The number of amides is 2. The topological polar surface area (TPSA) is 89.0 Å². The smallest absolute Gasteiger partial charge is 0.287 e. The Hall–Kier alpha value is -4.65. The first kappa shape index (κ1) is 22.5. The van der Waals surface area contributed by atoms with Crippen molar-refractivity contribution in [1.29, 1.82) is 0 Å². The van der Waals surface area contributed by atoms with Crippen LogP contribution >= 0.6 is 0 Å². The summed E-state index contributed by atoms with van der Waals surface area (Å²) in [7, 11) is 0. The van der Waals surface area contributed by atoms with E-state index in [1.165, 1.54) is 6.21 Å². The highest BCUT2D eigenvalue weighted by molar-refractivity contribution is 6.03. The summed E-state index contributed by atoms with van der Waals surface area (Å²) >= 11 is 0. The van der Waals surface area contributed by atoms with Crippen LogP contribution in [0, 0.1) is 0 Å². The first-order valence-electron chi connectivity index (χ1n) is 10.6. The highest BCUT2D eigenvalue weighted by Crippen LogP contribution is 2.31. The molecule has 0 aromatic heterocycles. The van der Waals surface area contributed by atoms with Gasteiger partial charge >= 0.3 is 0 Å². The standard InChI is InChI=1S/C27H23N3O4/c1-19(14-20-8-4-2-5-9-20)15-23(29-26(31)22-10-6-3-7-11-22)27(32)30-28-17-21-12-13-24-25(16-21)34-18-33-24/h2-17H,18H2,1H3,(H,29,31)(H,30,32)/b19-14-,23-15+,28-17?. The largest absolute Gasteiger partial charge is 0.454 e. The van der Waals surface area contributed by atoms with Crippen LogP contribution < -0.4 is 20.2 Å². The van der Waals surface area contributed by atoms with Crippen molar-refractivity contribution >= 4 is 24.1 Å². The second-order valence-corrected chi connectivity index (χ2v) is 7.49. The second kappa shape index (κ2) is 10.8. The second-order valence-electron chi connectivity index (χ2n) is 7.49. The third-order valence-electron chi connectivity index (χ3n) is 4.87. The van der Waals surface area contributed by atoms with E-state index in [4.69, 9.17) is 9.47 Å². The lowest BCUT2D eigenvalue weighted by atomic mass is 10.1. The van der Waals surface area contributed by atoms with Gasteiger partial charge in [-0.25, -0.2) is 5.43 Å². The molecule has 1 aliphatic rings. The molecule has 0 saturated carbocycles. The molecule has 0 saturated heterocycles. The summed E-state index contributed by atoms with van der Waals surface area (Å²) in [6.45, 7) is 2.03.